The third-order valence-electron chi connectivity index (χ3n) is 10.0. The molecule has 12 atom stereocenters. The molecular weight excluding hydrogens is 480 g/mol. The van der Waals surface area contributed by atoms with Crippen molar-refractivity contribution in [1.29, 1.82) is 0 Å². The van der Waals surface area contributed by atoms with Crippen LogP contribution in [0.3, 0.4) is 0 Å². The third-order valence-corrected chi connectivity index (χ3v) is 10.0. The second-order valence-electron chi connectivity index (χ2n) is 12.1. The second-order valence-corrected chi connectivity index (χ2v) is 12.1. The maximum absolute atomic E-state index is 13.5. The van der Waals surface area contributed by atoms with Gasteiger partial charge in [0.15, 0.2) is 18.4 Å². The fourth-order valence-electron chi connectivity index (χ4n) is 7.83. The molecule has 3 saturated heterocycles. The minimum atomic E-state index is -1.05. The van der Waals surface area contributed by atoms with E-state index >= 15 is 0 Å². The zero-order valence-electron chi connectivity index (χ0n) is 22.1. The summed E-state index contributed by atoms with van der Waals surface area (Å²) in [5.74, 6) is -1.61. The number of hydrogen-bond acceptors (Lipinski definition) is 9. The lowest BCUT2D eigenvalue weighted by molar-refractivity contribution is -0.265. The highest BCUT2D eigenvalue weighted by atomic mass is 16.8. The van der Waals surface area contributed by atoms with E-state index in [9.17, 15) is 15.0 Å². The molecule has 37 heavy (non-hydrogen) atoms. The number of rotatable bonds is 3. The van der Waals surface area contributed by atoms with Crippen molar-refractivity contribution in [1.82, 2.24) is 0 Å². The summed E-state index contributed by atoms with van der Waals surface area (Å²) in [5, 5.41) is 20.9. The van der Waals surface area contributed by atoms with E-state index in [-0.39, 0.29) is 54.1 Å². The second kappa shape index (κ2) is 9.40. The lowest BCUT2D eigenvalue weighted by Gasteiger charge is -2.50. The number of fused-ring (bicyclic) bond motifs is 3. The zero-order valence-corrected chi connectivity index (χ0v) is 22.1. The molecule has 1 saturated carbocycles. The van der Waals surface area contributed by atoms with Gasteiger partial charge in [0.25, 0.3) is 0 Å². The fraction of sp³-hybridized carbons (Fsp3) is 0.821. The molecule has 4 fully saturated rings. The number of carbonyl (C=O) groups is 1. The van der Waals surface area contributed by atoms with Crippen molar-refractivity contribution in [2.24, 2.45) is 23.2 Å². The van der Waals surface area contributed by atoms with E-state index in [1.54, 1.807) is 7.11 Å². The van der Waals surface area contributed by atoms with E-state index in [0.29, 0.717) is 19.3 Å². The van der Waals surface area contributed by atoms with E-state index < -0.39 is 30.6 Å². The number of aliphatic hydroxyl groups is 2. The first-order chi connectivity index (χ1) is 17.6. The Bertz CT molecular complexity index is 979. The number of aliphatic hydroxyl groups excluding tert-OH is 2. The number of allylic oxidation sites excluding steroid dienone is 2. The van der Waals surface area contributed by atoms with E-state index in [0.717, 1.165) is 24.8 Å². The first kappa shape index (κ1) is 25.9. The van der Waals surface area contributed by atoms with Gasteiger partial charge in [-0.05, 0) is 62.9 Å². The molecule has 0 unspecified atom stereocenters. The van der Waals surface area contributed by atoms with Gasteiger partial charge >= 0.3 is 5.97 Å². The predicted octanol–water partition coefficient (Wildman–Crippen LogP) is 2.59. The quantitative estimate of drug-likeness (QED) is 0.428. The number of ether oxygens (including phenoxy) is 6. The lowest BCUT2D eigenvalue weighted by atomic mass is 9.55. The largest absolute Gasteiger partial charge is 0.459 e. The van der Waals surface area contributed by atoms with Crippen LogP contribution < -0.4 is 0 Å². The van der Waals surface area contributed by atoms with Gasteiger partial charge in [0.2, 0.25) is 0 Å². The van der Waals surface area contributed by atoms with Crippen LogP contribution in [-0.2, 0) is 33.2 Å². The van der Waals surface area contributed by atoms with Gasteiger partial charge in [-0.15, -0.1) is 0 Å². The van der Waals surface area contributed by atoms with Crippen LogP contribution in [0.15, 0.2) is 23.3 Å². The number of carbonyl (C=O) groups excluding carboxylic acids is 1. The van der Waals surface area contributed by atoms with Crippen LogP contribution in [0.4, 0.5) is 0 Å². The molecule has 0 radical (unpaired) electrons. The van der Waals surface area contributed by atoms with Gasteiger partial charge in [-0.1, -0.05) is 24.6 Å². The molecule has 4 aliphatic heterocycles. The number of methoxy groups -OCH3 is 1. The Morgan fingerprint density at radius 3 is 2.76 bits per heavy atom. The average molecular weight is 521 g/mol. The molecule has 0 aromatic heterocycles. The first-order valence-corrected chi connectivity index (χ1v) is 13.7. The molecule has 2 aliphatic carbocycles. The van der Waals surface area contributed by atoms with Gasteiger partial charge in [0, 0.05) is 13.5 Å². The maximum Gasteiger partial charge on any atom is 0.309 e. The van der Waals surface area contributed by atoms with Gasteiger partial charge in [-0.25, -0.2) is 0 Å². The van der Waals surface area contributed by atoms with Crippen molar-refractivity contribution in [2.75, 3.05) is 13.7 Å². The number of hydrogen-bond donors (Lipinski definition) is 2. The van der Waals surface area contributed by atoms with Crippen LogP contribution in [0.1, 0.15) is 59.3 Å². The van der Waals surface area contributed by atoms with Crippen LogP contribution in [-0.4, -0.2) is 78.8 Å². The molecule has 9 nitrogen and oxygen atoms in total. The Hall–Kier alpha value is -1.33. The van der Waals surface area contributed by atoms with Gasteiger partial charge in [-0.2, -0.15) is 0 Å². The Balaban J connectivity index is 1.21. The molecule has 4 heterocycles. The molecule has 9 heteroatoms. The molecule has 0 bridgehead atoms. The van der Waals surface area contributed by atoms with Crippen LogP contribution in [0.2, 0.25) is 0 Å². The first-order valence-electron chi connectivity index (χ1n) is 13.7. The number of esters is 1. The molecule has 0 spiro atoms. The summed E-state index contributed by atoms with van der Waals surface area (Å²) in [6.45, 7) is 6.19. The summed E-state index contributed by atoms with van der Waals surface area (Å²) in [6.07, 6.45) is 5.39. The van der Waals surface area contributed by atoms with Crippen molar-refractivity contribution in [3.8, 4) is 0 Å². The molecule has 6 aliphatic rings. The van der Waals surface area contributed by atoms with Gasteiger partial charge in [-0.3, -0.25) is 4.79 Å². The Morgan fingerprint density at radius 2 is 1.97 bits per heavy atom. The van der Waals surface area contributed by atoms with E-state index in [4.69, 9.17) is 28.4 Å². The normalized spacial score (nSPS) is 52.9. The Kier molecular flexibility index (Phi) is 6.58. The topological polar surface area (TPSA) is 113 Å². The summed E-state index contributed by atoms with van der Waals surface area (Å²) in [6, 6.07) is 0. The smallest absolute Gasteiger partial charge is 0.309 e. The highest BCUT2D eigenvalue weighted by Gasteiger charge is 2.60. The average Bonchev–Trinajstić information content (AvgIpc) is 3.31. The predicted molar refractivity (Wildman–Crippen MR) is 130 cm³/mol. The van der Waals surface area contributed by atoms with Gasteiger partial charge in [0.05, 0.1) is 36.8 Å². The maximum atomic E-state index is 13.5. The van der Waals surface area contributed by atoms with Crippen LogP contribution in [0.25, 0.3) is 0 Å². The Labute approximate surface area is 218 Å². The molecule has 0 aromatic rings. The standard InChI is InChI=1S/C28H40O9/c1-14-24(29)20(32-4)12-22(34-14)35-16-9-10-27(2)15(11-16)5-6-17-19(27)8-7-18-23-21(36-25(17)30)13-33-28(23,3)37-26(18)31/h5,7,14,16-17,19-24,26,29,31H,6,8-13H2,1-4H3/b18-7+/t14-,16+,17-,19+,20-,21-,22+,23-,24-,26+,27+,28-/m1/s1. The highest BCUT2D eigenvalue weighted by molar-refractivity contribution is 5.74. The van der Waals surface area contributed by atoms with Crippen molar-refractivity contribution in [3.05, 3.63) is 23.3 Å². The summed E-state index contributed by atoms with van der Waals surface area (Å²) >= 11 is 0. The SMILES string of the molecule is CO[C@@H]1C[C@H](O[C@H]2CC[C@@]3(C)C(=CC[C@H]4C(=O)O[C@@H]5CO[C@]6(C)O[C@H](O)/C(=C/C[C@@H]43)[C@H]56)C2)O[C@H](C)[C@H]1O. The van der Waals surface area contributed by atoms with Crippen molar-refractivity contribution >= 4 is 5.97 Å². The zero-order chi connectivity index (χ0) is 26.1. The van der Waals surface area contributed by atoms with E-state index in [1.165, 1.54) is 5.57 Å². The van der Waals surface area contributed by atoms with Crippen molar-refractivity contribution in [3.63, 3.8) is 0 Å². The van der Waals surface area contributed by atoms with E-state index in [2.05, 4.69) is 19.1 Å². The highest BCUT2D eigenvalue weighted by Crippen LogP contribution is 2.56. The Morgan fingerprint density at radius 1 is 1.16 bits per heavy atom. The fourth-order valence-corrected chi connectivity index (χ4v) is 7.83. The summed E-state index contributed by atoms with van der Waals surface area (Å²) < 4.78 is 35.4. The van der Waals surface area contributed by atoms with Crippen molar-refractivity contribution < 1.29 is 43.4 Å². The molecule has 0 amide bonds. The van der Waals surface area contributed by atoms with E-state index in [1.807, 2.05) is 13.8 Å². The molecular formula is C28H40O9. The molecule has 6 rings (SSSR count). The molecule has 2 N–H and O–H groups in total. The lowest BCUT2D eigenvalue weighted by Crippen LogP contribution is -2.50. The van der Waals surface area contributed by atoms with Crippen LogP contribution in [0, 0.1) is 23.2 Å². The minimum Gasteiger partial charge on any atom is -0.459 e. The summed E-state index contributed by atoms with van der Waals surface area (Å²) in [4.78, 5) is 13.5. The summed E-state index contributed by atoms with van der Waals surface area (Å²) in [5.41, 5.74) is 1.92. The molecule has 0 aromatic carbocycles. The van der Waals surface area contributed by atoms with Gasteiger partial charge < -0.3 is 38.6 Å². The monoisotopic (exact) mass is 520 g/mol. The van der Waals surface area contributed by atoms with Crippen molar-refractivity contribution in [2.45, 2.75) is 108 Å². The van der Waals surface area contributed by atoms with Crippen LogP contribution >= 0.6 is 0 Å². The summed E-state index contributed by atoms with van der Waals surface area (Å²) in [7, 11) is 1.60. The third kappa shape index (κ3) is 4.22. The minimum absolute atomic E-state index is 0.00438. The van der Waals surface area contributed by atoms with Crippen LogP contribution in [0.5, 0.6) is 0 Å². The van der Waals surface area contributed by atoms with Gasteiger partial charge in [0.1, 0.15) is 12.2 Å². The molecule has 206 valence electrons.